The van der Waals surface area contributed by atoms with Crippen molar-refractivity contribution in [3.63, 3.8) is 0 Å². The van der Waals surface area contributed by atoms with Crippen LogP contribution in [0.5, 0.6) is 11.5 Å². The van der Waals surface area contributed by atoms with Crippen LogP contribution in [0.3, 0.4) is 0 Å². The predicted octanol–water partition coefficient (Wildman–Crippen LogP) is 2.72. The van der Waals surface area contributed by atoms with Gasteiger partial charge in [0.1, 0.15) is 0 Å². The summed E-state index contributed by atoms with van der Waals surface area (Å²) in [5, 5.41) is 3.97. The molecule has 1 aromatic heterocycles. The second-order valence-corrected chi connectivity index (χ2v) is 5.79. The van der Waals surface area contributed by atoms with Crippen LogP contribution in [0.4, 0.5) is 0 Å². The van der Waals surface area contributed by atoms with E-state index in [2.05, 4.69) is 16.7 Å². The lowest BCUT2D eigenvalue weighted by Crippen LogP contribution is -2.44. The van der Waals surface area contributed by atoms with Crippen molar-refractivity contribution in [3.05, 3.63) is 48.1 Å². The molecule has 2 N–H and O–H groups in total. The van der Waals surface area contributed by atoms with E-state index in [-0.39, 0.29) is 6.61 Å². The second kappa shape index (κ2) is 6.42. The second-order valence-electron chi connectivity index (χ2n) is 5.79. The van der Waals surface area contributed by atoms with E-state index in [4.69, 9.17) is 19.7 Å². The van der Waals surface area contributed by atoms with E-state index < -0.39 is 5.54 Å². The van der Waals surface area contributed by atoms with Crippen molar-refractivity contribution < 1.29 is 14.0 Å². The van der Waals surface area contributed by atoms with E-state index in [0.29, 0.717) is 23.2 Å². The Morgan fingerprint density at radius 3 is 2.87 bits per heavy atom. The van der Waals surface area contributed by atoms with Crippen molar-refractivity contribution >= 4 is 0 Å². The molecule has 0 saturated heterocycles. The van der Waals surface area contributed by atoms with Gasteiger partial charge in [-0.3, -0.25) is 0 Å². The number of methoxy groups -OCH3 is 1. The first-order valence-electron chi connectivity index (χ1n) is 7.67. The first kappa shape index (κ1) is 15.6. The minimum Gasteiger partial charge on any atom is -0.493 e. The number of nitrogens with zero attached hydrogens (tertiary/aromatic N) is 2. The molecule has 6 heteroatoms. The monoisotopic (exact) mass is 315 g/mol. The third-order valence-corrected chi connectivity index (χ3v) is 4.12. The molecule has 23 heavy (non-hydrogen) atoms. The van der Waals surface area contributed by atoms with Gasteiger partial charge >= 0.3 is 0 Å². The standard InChI is InChI=1S/C17H21N3O3/c1-3-5-12-6-7-13(14(10-12)21-2)22-11-15-19-16(20-23-15)17(18)8-4-9-17/h3,6-7,10H,1,4-5,8-9,11,18H2,2H3. The van der Waals surface area contributed by atoms with E-state index in [0.717, 1.165) is 31.2 Å². The summed E-state index contributed by atoms with van der Waals surface area (Å²) in [4.78, 5) is 4.34. The van der Waals surface area contributed by atoms with E-state index in [1.165, 1.54) is 0 Å². The lowest BCUT2D eigenvalue weighted by atomic mass is 9.77. The van der Waals surface area contributed by atoms with Crippen LogP contribution in [-0.4, -0.2) is 17.3 Å². The molecule has 1 saturated carbocycles. The zero-order valence-electron chi connectivity index (χ0n) is 13.2. The van der Waals surface area contributed by atoms with Crippen molar-refractivity contribution in [2.45, 2.75) is 37.8 Å². The molecule has 0 unspecified atom stereocenters. The molecule has 0 radical (unpaired) electrons. The Balaban J connectivity index is 1.67. The summed E-state index contributed by atoms with van der Waals surface area (Å²) < 4.78 is 16.3. The number of allylic oxidation sites excluding steroid dienone is 1. The van der Waals surface area contributed by atoms with Gasteiger partial charge in [0.25, 0.3) is 5.89 Å². The fourth-order valence-electron chi connectivity index (χ4n) is 2.56. The molecule has 122 valence electrons. The Kier molecular flexibility index (Phi) is 4.34. The van der Waals surface area contributed by atoms with Gasteiger partial charge in [-0.2, -0.15) is 4.98 Å². The molecular formula is C17H21N3O3. The van der Waals surface area contributed by atoms with Gasteiger partial charge in [0.05, 0.1) is 12.6 Å². The van der Waals surface area contributed by atoms with Gasteiger partial charge in [0.2, 0.25) is 0 Å². The molecule has 0 spiro atoms. The molecule has 2 aromatic rings. The quantitative estimate of drug-likeness (QED) is 0.791. The number of ether oxygens (including phenoxy) is 2. The van der Waals surface area contributed by atoms with Gasteiger partial charge < -0.3 is 19.7 Å². The van der Waals surface area contributed by atoms with Crippen molar-refractivity contribution in [1.82, 2.24) is 10.1 Å². The zero-order chi connectivity index (χ0) is 16.3. The Bertz CT molecular complexity index is 692. The fraction of sp³-hybridized carbons (Fsp3) is 0.412. The topological polar surface area (TPSA) is 83.4 Å². The molecule has 1 aliphatic carbocycles. The number of aromatic nitrogens is 2. The number of hydrogen-bond acceptors (Lipinski definition) is 6. The summed E-state index contributed by atoms with van der Waals surface area (Å²) in [6, 6.07) is 5.77. The van der Waals surface area contributed by atoms with Crippen LogP contribution in [0.1, 0.15) is 36.5 Å². The molecule has 3 rings (SSSR count). The average Bonchev–Trinajstić information content (AvgIpc) is 3.00. The number of rotatable bonds is 7. The van der Waals surface area contributed by atoms with Crippen LogP contribution in [0, 0.1) is 0 Å². The Morgan fingerprint density at radius 1 is 1.39 bits per heavy atom. The average molecular weight is 315 g/mol. The van der Waals surface area contributed by atoms with Gasteiger partial charge in [0.15, 0.2) is 23.9 Å². The highest BCUT2D eigenvalue weighted by Gasteiger charge is 2.39. The van der Waals surface area contributed by atoms with Crippen molar-refractivity contribution in [2.24, 2.45) is 5.73 Å². The first-order valence-corrected chi connectivity index (χ1v) is 7.67. The molecule has 1 aromatic carbocycles. The van der Waals surface area contributed by atoms with Crippen LogP contribution in [0.15, 0.2) is 35.4 Å². The summed E-state index contributed by atoms with van der Waals surface area (Å²) in [6.45, 7) is 3.91. The van der Waals surface area contributed by atoms with Crippen LogP contribution < -0.4 is 15.2 Å². The normalized spacial score (nSPS) is 15.7. The third kappa shape index (κ3) is 3.22. The fourth-order valence-corrected chi connectivity index (χ4v) is 2.56. The first-order chi connectivity index (χ1) is 11.1. The molecular weight excluding hydrogens is 294 g/mol. The van der Waals surface area contributed by atoms with E-state index >= 15 is 0 Å². The number of benzene rings is 1. The molecule has 1 aliphatic rings. The van der Waals surface area contributed by atoms with Crippen LogP contribution in [-0.2, 0) is 18.6 Å². The molecule has 1 fully saturated rings. The van der Waals surface area contributed by atoms with Gasteiger partial charge in [-0.05, 0) is 43.4 Å². The molecule has 1 heterocycles. The van der Waals surface area contributed by atoms with Crippen LogP contribution >= 0.6 is 0 Å². The molecule has 0 bridgehead atoms. The Morgan fingerprint density at radius 2 is 2.22 bits per heavy atom. The lowest BCUT2D eigenvalue weighted by molar-refractivity contribution is 0.220. The minimum atomic E-state index is -0.425. The van der Waals surface area contributed by atoms with Gasteiger partial charge in [-0.15, -0.1) is 6.58 Å². The summed E-state index contributed by atoms with van der Waals surface area (Å²) in [7, 11) is 1.61. The van der Waals surface area contributed by atoms with Gasteiger partial charge in [-0.1, -0.05) is 17.3 Å². The highest BCUT2D eigenvalue weighted by atomic mass is 16.5. The van der Waals surface area contributed by atoms with E-state index in [9.17, 15) is 0 Å². The van der Waals surface area contributed by atoms with Crippen LogP contribution in [0.2, 0.25) is 0 Å². The SMILES string of the molecule is C=CCc1ccc(OCc2nc(C3(N)CCC3)no2)c(OC)c1. The van der Waals surface area contributed by atoms with E-state index in [1.54, 1.807) is 7.11 Å². The van der Waals surface area contributed by atoms with Gasteiger partial charge in [0, 0.05) is 0 Å². The Hall–Kier alpha value is -2.34. The Labute approximate surface area is 135 Å². The zero-order valence-corrected chi connectivity index (χ0v) is 13.2. The largest absolute Gasteiger partial charge is 0.493 e. The highest BCUT2D eigenvalue weighted by molar-refractivity contribution is 5.43. The molecule has 6 nitrogen and oxygen atoms in total. The van der Waals surface area contributed by atoms with Crippen molar-refractivity contribution in [2.75, 3.05) is 7.11 Å². The minimum absolute atomic E-state index is 0.181. The summed E-state index contributed by atoms with van der Waals surface area (Å²) in [5.74, 6) is 2.27. The maximum atomic E-state index is 6.18. The molecule has 0 atom stereocenters. The number of hydrogen-bond donors (Lipinski definition) is 1. The number of nitrogens with two attached hydrogens (primary N) is 1. The summed E-state index contributed by atoms with van der Waals surface area (Å²) >= 11 is 0. The maximum Gasteiger partial charge on any atom is 0.264 e. The highest BCUT2D eigenvalue weighted by Crippen LogP contribution is 2.37. The lowest BCUT2D eigenvalue weighted by Gasteiger charge is -2.34. The summed E-state index contributed by atoms with van der Waals surface area (Å²) in [5.41, 5.74) is 6.87. The van der Waals surface area contributed by atoms with Crippen molar-refractivity contribution in [3.8, 4) is 11.5 Å². The molecule has 0 aliphatic heterocycles. The predicted molar refractivity (Wildman–Crippen MR) is 85.2 cm³/mol. The van der Waals surface area contributed by atoms with Crippen molar-refractivity contribution in [1.29, 1.82) is 0 Å². The van der Waals surface area contributed by atoms with Crippen LogP contribution in [0.25, 0.3) is 0 Å². The maximum absolute atomic E-state index is 6.18. The smallest absolute Gasteiger partial charge is 0.264 e. The van der Waals surface area contributed by atoms with Gasteiger partial charge in [-0.25, -0.2) is 0 Å². The summed E-state index contributed by atoms with van der Waals surface area (Å²) in [6.07, 6.45) is 5.52. The third-order valence-electron chi connectivity index (χ3n) is 4.12. The molecule has 0 amide bonds. The van der Waals surface area contributed by atoms with E-state index in [1.807, 2.05) is 24.3 Å².